The summed E-state index contributed by atoms with van der Waals surface area (Å²) in [5, 5.41) is 0. The van der Waals surface area contributed by atoms with Gasteiger partial charge in [0.1, 0.15) is 0 Å². The van der Waals surface area contributed by atoms with Gasteiger partial charge in [0.15, 0.2) is 0 Å². The molecular formula is C11H11N3S. The summed E-state index contributed by atoms with van der Waals surface area (Å²) in [5.41, 5.74) is 6.44. The minimum Gasteiger partial charge on any atom is -0.325 e. The van der Waals surface area contributed by atoms with E-state index in [2.05, 4.69) is 9.97 Å². The summed E-state index contributed by atoms with van der Waals surface area (Å²) < 4.78 is 0. The Bertz CT molecular complexity index is 431. The van der Waals surface area contributed by atoms with E-state index in [1.807, 2.05) is 24.3 Å². The highest BCUT2D eigenvalue weighted by Crippen LogP contribution is 2.26. The largest absolute Gasteiger partial charge is 0.325 e. The Labute approximate surface area is 92.8 Å². The molecule has 0 atom stereocenters. The highest BCUT2D eigenvalue weighted by Gasteiger charge is 1.98. The average molecular weight is 217 g/mol. The molecule has 2 rings (SSSR count). The van der Waals surface area contributed by atoms with Crippen molar-refractivity contribution in [3.05, 3.63) is 48.5 Å². The van der Waals surface area contributed by atoms with E-state index in [1.54, 1.807) is 30.4 Å². The van der Waals surface area contributed by atoms with Gasteiger partial charge in [0, 0.05) is 34.9 Å². The fraction of sp³-hybridized carbons (Fsp3) is 0.0909. The molecule has 0 fully saturated rings. The van der Waals surface area contributed by atoms with E-state index in [-0.39, 0.29) is 0 Å². The second kappa shape index (κ2) is 4.91. The molecule has 2 N–H and O–H groups in total. The van der Waals surface area contributed by atoms with Gasteiger partial charge in [0.25, 0.3) is 0 Å². The third-order valence-electron chi connectivity index (χ3n) is 1.88. The maximum absolute atomic E-state index is 5.53. The Morgan fingerprint density at radius 2 is 1.80 bits per heavy atom. The molecular weight excluding hydrogens is 206 g/mol. The van der Waals surface area contributed by atoms with Crippen molar-refractivity contribution < 1.29 is 0 Å². The van der Waals surface area contributed by atoms with Crippen LogP contribution in [0.2, 0.25) is 0 Å². The molecule has 3 nitrogen and oxygen atoms in total. The lowest BCUT2D eigenvalue weighted by Crippen LogP contribution is -1.98. The summed E-state index contributed by atoms with van der Waals surface area (Å²) in [7, 11) is 0. The van der Waals surface area contributed by atoms with Gasteiger partial charge >= 0.3 is 0 Å². The van der Waals surface area contributed by atoms with Crippen LogP contribution < -0.4 is 5.73 Å². The molecule has 0 saturated carbocycles. The molecule has 0 amide bonds. The number of nitrogens with zero attached hydrogens (tertiary/aromatic N) is 2. The van der Waals surface area contributed by atoms with Crippen LogP contribution in [0.5, 0.6) is 0 Å². The van der Waals surface area contributed by atoms with Crippen molar-refractivity contribution in [3.8, 4) is 0 Å². The molecule has 0 aliphatic rings. The maximum atomic E-state index is 5.53. The molecule has 2 aromatic rings. The second-order valence-corrected chi connectivity index (χ2v) is 4.12. The Morgan fingerprint density at radius 1 is 1.07 bits per heavy atom. The van der Waals surface area contributed by atoms with Crippen LogP contribution in [-0.2, 0) is 6.54 Å². The number of pyridine rings is 2. The molecule has 2 heterocycles. The number of nitrogens with two attached hydrogens (primary N) is 1. The predicted molar refractivity (Wildman–Crippen MR) is 60.5 cm³/mol. The lowest BCUT2D eigenvalue weighted by molar-refractivity contribution is 0.976. The molecule has 4 heteroatoms. The standard InChI is InChI=1S/C11H11N3S/c12-8-9-7-11(3-6-14-9)15-10-1-4-13-5-2-10/h1-7H,8,12H2. The van der Waals surface area contributed by atoms with E-state index in [0.717, 1.165) is 10.6 Å². The van der Waals surface area contributed by atoms with Crippen LogP contribution in [0.1, 0.15) is 5.69 Å². The monoisotopic (exact) mass is 217 g/mol. The Balaban J connectivity index is 2.17. The van der Waals surface area contributed by atoms with Crippen molar-refractivity contribution in [1.29, 1.82) is 0 Å². The van der Waals surface area contributed by atoms with Crippen LogP contribution >= 0.6 is 11.8 Å². The van der Waals surface area contributed by atoms with Crippen molar-refractivity contribution in [2.24, 2.45) is 5.73 Å². The third kappa shape index (κ3) is 2.78. The van der Waals surface area contributed by atoms with Gasteiger partial charge in [-0.3, -0.25) is 9.97 Å². The number of aromatic nitrogens is 2. The first kappa shape index (κ1) is 10.1. The lowest BCUT2D eigenvalue weighted by atomic mass is 10.3. The van der Waals surface area contributed by atoms with Gasteiger partial charge in [0.05, 0.1) is 5.69 Å². The molecule has 0 spiro atoms. The first-order valence-corrected chi connectivity index (χ1v) is 5.43. The SMILES string of the molecule is NCc1cc(Sc2ccncc2)ccn1. The van der Waals surface area contributed by atoms with Crippen molar-refractivity contribution in [2.75, 3.05) is 0 Å². The number of rotatable bonds is 3. The highest BCUT2D eigenvalue weighted by molar-refractivity contribution is 7.99. The smallest absolute Gasteiger partial charge is 0.0550 e. The van der Waals surface area contributed by atoms with Gasteiger partial charge in [-0.05, 0) is 24.3 Å². The van der Waals surface area contributed by atoms with Crippen LogP contribution in [0, 0.1) is 0 Å². The molecule has 0 saturated heterocycles. The fourth-order valence-electron chi connectivity index (χ4n) is 1.17. The van der Waals surface area contributed by atoms with Gasteiger partial charge in [0.2, 0.25) is 0 Å². The topological polar surface area (TPSA) is 51.8 Å². The summed E-state index contributed by atoms with van der Waals surface area (Å²) >= 11 is 1.68. The highest BCUT2D eigenvalue weighted by atomic mass is 32.2. The van der Waals surface area contributed by atoms with Crippen molar-refractivity contribution in [1.82, 2.24) is 9.97 Å². The minimum atomic E-state index is 0.477. The average Bonchev–Trinajstić information content (AvgIpc) is 2.31. The molecule has 0 bridgehead atoms. The summed E-state index contributed by atoms with van der Waals surface area (Å²) in [5.74, 6) is 0. The summed E-state index contributed by atoms with van der Waals surface area (Å²) in [6.07, 6.45) is 5.35. The van der Waals surface area contributed by atoms with Gasteiger partial charge in [-0.2, -0.15) is 0 Å². The molecule has 0 aliphatic carbocycles. The van der Waals surface area contributed by atoms with Crippen LogP contribution in [-0.4, -0.2) is 9.97 Å². The molecule has 2 aromatic heterocycles. The Hall–Kier alpha value is -1.39. The molecule has 15 heavy (non-hydrogen) atoms. The van der Waals surface area contributed by atoms with Crippen LogP contribution in [0.25, 0.3) is 0 Å². The molecule has 0 aromatic carbocycles. The zero-order chi connectivity index (χ0) is 10.5. The van der Waals surface area contributed by atoms with Crippen LogP contribution in [0.15, 0.2) is 52.6 Å². The van der Waals surface area contributed by atoms with Crippen molar-refractivity contribution in [2.45, 2.75) is 16.3 Å². The third-order valence-corrected chi connectivity index (χ3v) is 2.88. The summed E-state index contributed by atoms with van der Waals surface area (Å²) in [6, 6.07) is 7.94. The van der Waals surface area contributed by atoms with E-state index in [1.165, 1.54) is 4.90 Å². The van der Waals surface area contributed by atoms with E-state index < -0.39 is 0 Å². The lowest BCUT2D eigenvalue weighted by Gasteiger charge is -2.02. The number of hydrogen-bond donors (Lipinski definition) is 1. The predicted octanol–water partition coefficient (Wildman–Crippen LogP) is 2.09. The summed E-state index contributed by atoms with van der Waals surface area (Å²) in [6.45, 7) is 0.477. The van der Waals surface area contributed by atoms with Gasteiger partial charge in [-0.15, -0.1) is 0 Å². The van der Waals surface area contributed by atoms with E-state index in [9.17, 15) is 0 Å². The Kier molecular flexibility index (Phi) is 3.32. The summed E-state index contributed by atoms with van der Waals surface area (Å²) in [4.78, 5) is 10.4. The molecule has 0 aliphatic heterocycles. The van der Waals surface area contributed by atoms with Gasteiger partial charge in [-0.1, -0.05) is 11.8 Å². The molecule has 0 radical (unpaired) electrons. The van der Waals surface area contributed by atoms with E-state index >= 15 is 0 Å². The van der Waals surface area contributed by atoms with Crippen LogP contribution in [0.3, 0.4) is 0 Å². The Morgan fingerprint density at radius 3 is 2.53 bits per heavy atom. The maximum Gasteiger partial charge on any atom is 0.0550 e. The quantitative estimate of drug-likeness (QED) is 0.855. The van der Waals surface area contributed by atoms with Crippen molar-refractivity contribution >= 4 is 11.8 Å². The normalized spacial score (nSPS) is 10.2. The molecule has 0 unspecified atom stereocenters. The van der Waals surface area contributed by atoms with Crippen molar-refractivity contribution in [3.63, 3.8) is 0 Å². The molecule has 76 valence electrons. The minimum absolute atomic E-state index is 0.477. The fourth-order valence-corrected chi connectivity index (χ4v) is 2.03. The van der Waals surface area contributed by atoms with E-state index in [0.29, 0.717) is 6.54 Å². The second-order valence-electron chi connectivity index (χ2n) is 2.97. The van der Waals surface area contributed by atoms with Crippen LogP contribution in [0.4, 0.5) is 0 Å². The van der Waals surface area contributed by atoms with Gasteiger partial charge in [-0.25, -0.2) is 0 Å². The van der Waals surface area contributed by atoms with Gasteiger partial charge < -0.3 is 5.73 Å². The van der Waals surface area contributed by atoms with E-state index in [4.69, 9.17) is 5.73 Å². The number of hydrogen-bond acceptors (Lipinski definition) is 4. The zero-order valence-electron chi connectivity index (χ0n) is 8.13. The first-order valence-electron chi connectivity index (χ1n) is 4.61. The first-order chi connectivity index (χ1) is 7.38. The zero-order valence-corrected chi connectivity index (χ0v) is 8.95.